The number of ether oxygens (including phenoxy) is 6. The Hall–Kier alpha value is -1.44. The molecule has 36 nitrogen and oxygen atoms in total. The Morgan fingerprint density at radius 3 is 0.880 bits per heavy atom. The maximum absolute atomic E-state index is 10.0. The van der Waals surface area contributed by atoms with Gasteiger partial charge in [0, 0.05) is 112 Å². The third-order valence-electron chi connectivity index (χ3n) is 23.8. The highest BCUT2D eigenvalue weighted by molar-refractivity contribution is 5.03. The molecule has 0 radical (unpaired) electrons. The largest absolute Gasteiger partial charge is 0.395 e. The quantitative estimate of drug-likeness (QED) is 0.0324. The summed E-state index contributed by atoms with van der Waals surface area (Å²) in [6, 6.07) is -3.19. The van der Waals surface area contributed by atoms with Gasteiger partial charge < -0.3 is 151 Å². The van der Waals surface area contributed by atoms with Gasteiger partial charge in [-0.3, -0.25) is 29.4 Å². The van der Waals surface area contributed by atoms with Crippen LogP contribution in [0.15, 0.2) is 0 Å². The van der Waals surface area contributed by atoms with Crippen molar-refractivity contribution in [3.63, 3.8) is 0 Å². The molecule has 638 valence electrons. The van der Waals surface area contributed by atoms with Gasteiger partial charge in [-0.05, 0) is 121 Å². The van der Waals surface area contributed by atoms with Crippen LogP contribution in [0.1, 0.15) is 90.9 Å². The summed E-state index contributed by atoms with van der Waals surface area (Å²) in [5.41, 5.74) is 0.466. The van der Waals surface area contributed by atoms with Crippen LogP contribution in [-0.2, 0) is 28.4 Å². The van der Waals surface area contributed by atoms with Crippen LogP contribution in [0.25, 0.3) is 0 Å². The average molecular weight is 1570 g/mol. The highest BCUT2D eigenvalue weighted by Crippen LogP contribution is 2.60. The molecular weight excluding hydrogens is 1430 g/mol. The summed E-state index contributed by atoms with van der Waals surface area (Å²) in [4.78, 5) is 10.7. The summed E-state index contributed by atoms with van der Waals surface area (Å²) in [6.45, 7) is 12.9. The van der Waals surface area contributed by atoms with Crippen LogP contribution < -0.4 is 0 Å². The molecule has 12 fully saturated rings. The van der Waals surface area contributed by atoms with Gasteiger partial charge in [0.05, 0.1) is 151 Å². The number of hydrogen-bond donors (Lipinski definition) is 24. The molecule has 0 spiro atoms. The van der Waals surface area contributed by atoms with Gasteiger partial charge in [0.15, 0.2) is 0 Å². The van der Waals surface area contributed by atoms with Gasteiger partial charge in [0.25, 0.3) is 0 Å². The van der Waals surface area contributed by atoms with E-state index in [4.69, 9.17) is 43.7 Å². The monoisotopic (exact) mass is 1570 g/mol. The molecule has 0 aromatic carbocycles. The predicted molar refractivity (Wildman–Crippen MR) is 386 cm³/mol. The van der Waals surface area contributed by atoms with Crippen molar-refractivity contribution in [3.05, 3.63) is 0 Å². The van der Waals surface area contributed by atoms with Crippen molar-refractivity contribution in [1.29, 1.82) is 0 Å². The summed E-state index contributed by atoms with van der Waals surface area (Å²) in [7, 11) is 1.56. The molecule has 8 saturated heterocycles. The van der Waals surface area contributed by atoms with Crippen LogP contribution in [-0.4, -0.2) is 495 Å². The molecule has 0 aromatic rings. The van der Waals surface area contributed by atoms with Crippen molar-refractivity contribution in [1.82, 2.24) is 29.4 Å². The highest BCUT2D eigenvalue weighted by Gasteiger charge is 2.52. The lowest BCUT2D eigenvalue weighted by atomic mass is 9.50. The predicted octanol–water partition coefficient (Wildman–Crippen LogP) is -10.4. The Morgan fingerprint density at radius 1 is 0.333 bits per heavy atom. The second-order valence-electron chi connectivity index (χ2n) is 31.5. The van der Waals surface area contributed by atoms with Crippen molar-refractivity contribution in [3.8, 4) is 0 Å². The number of likely N-dealkylation sites (tertiary alicyclic amines) is 6. The van der Waals surface area contributed by atoms with Crippen molar-refractivity contribution >= 4 is 0 Å². The molecule has 0 aromatic heterocycles. The number of aliphatic hydroxyl groups excluding tert-OH is 24. The zero-order valence-electron chi connectivity index (χ0n) is 63.7. The summed E-state index contributed by atoms with van der Waals surface area (Å²) in [5, 5.41) is 229. The smallest absolute Gasteiger partial charge is 0.109 e. The Kier molecular flexibility index (Phi) is 42.7. The van der Waals surface area contributed by atoms with Gasteiger partial charge in [-0.1, -0.05) is 0 Å². The van der Waals surface area contributed by atoms with Crippen LogP contribution in [0.4, 0.5) is 0 Å². The maximum atomic E-state index is 10.0. The highest BCUT2D eigenvalue weighted by atomic mass is 16.5. The van der Waals surface area contributed by atoms with Gasteiger partial charge >= 0.3 is 0 Å². The van der Waals surface area contributed by atoms with Gasteiger partial charge in [0.1, 0.15) is 73.2 Å². The molecule has 108 heavy (non-hydrogen) atoms. The van der Waals surface area contributed by atoms with E-state index in [2.05, 4.69) is 0 Å². The normalized spacial score (nSPS) is 41.8. The van der Waals surface area contributed by atoms with Crippen LogP contribution in [0, 0.1) is 23.2 Å². The summed E-state index contributed by atoms with van der Waals surface area (Å²) < 4.78 is 32.3. The van der Waals surface area contributed by atoms with Crippen molar-refractivity contribution < 1.29 is 151 Å². The first-order valence-electron chi connectivity index (χ1n) is 39.4. The van der Waals surface area contributed by atoms with Gasteiger partial charge in [0.2, 0.25) is 0 Å². The Balaban J connectivity index is 0.000000206. The van der Waals surface area contributed by atoms with E-state index in [1.54, 1.807) is 31.6 Å². The first kappa shape index (κ1) is 95.4. The van der Waals surface area contributed by atoms with Gasteiger partial charge in [-0.2, -0.15) is 0 Å². The standard InChI is InChI=1S/C21H37NO5.2C11H21NO5.2C10H21NO5.C9H19NO5/c23-12-17-19(25)20(26)18(24)11-22(17)3-1-2-4-27-13-21-8-14-5-15(9-21)7-16(6-14)10-21;2*13-6-8-10(15)11(16)9(14)5-12(8)4-7-2-1-3-17-7;2*1-2-16-4-3-11-5-8(13)10(15)9(14)7(11)6-12;1-15-3-2-10-4-7(12)9(14)8(13)6(10)5-11/h14-20,23-26H,1-13H2;2*7-11,13-16H,1-6H2;2*7-10,12-15H,2-6H2,1H3;6-9,11-14H,2-5H2,1H3/t14?,15?,16?,17-,18+,19-,20-,21?;7?,8-,9+,10-,11-;7-,8+,9-,10+,11+;2*7-,8+,9-,10-;6-,7+,8-,9-/m110111/s1. The zero-order valence-corrected chi connectivity index (χ0v) is 63.7. The molecule has 12 aliphatic rings. The summed E-state index contributed by atoms with van der Waals surface area (Å²) in [5.74, 6) is 2.88. The third-order valence-corrected chi connectivity index (χ3v) is 23.8. The lowest BCUT2D eigenvalue weighted by Gasteiger charge is -2.56. The number of aliphatic hydroxyl groups is 24. The van der Waals surface area contributed by atoms with Crippen LogP contribution >= 0.6 is 0 Å². The molecule has 8 heterocycles. The molecule has 1 unspecified atom stereocenters. The summed E-state index contributed by atoms with van der Waals surface area (Å²) >= 11 is 0. The number of piperidine rings is 6. The number of unbranched alkanes of at least 4 members (excludes halogenated alkanes) is 1. The molecule has 4 aliphatic carbocycles. The van der Waals surface area contributed by atoms with E-state index >= 15 is 0 Å². The molecule has 12 rings (SSSR count). The molecule has 24 N–H and O–H groups in total. The fourth-order valence-electron chi connectivity index (χ4n) is 18.0. The van der Waals surface area contributed by atoms with Crippen LogP contribution in [0.3, 0.4) is 0 Å². The number of nitrogens with zero attached hydrogens (tertiary/aromatic N) is 6. The molecule has 0 amide bonds. The topological polar surface area (TPSA) is 560 Å². The first-order chi connectivity index (χ1) is 51.6. The Labute approximate surface area is 635 Å². The first-order valence-corrected chi connectivity index (χ1v) is 39.4. The lowest BCUT2D eigenvalue weighted by Crippen LogP contribution is -2.63. The zero-order chi connectivity index (χ0) is 79.5. The van der Waals surface area contributed by atoms with Crippen molar-refractivity contribution in [2.45, 2.75) is 249 Å². The maximum Gasteiger partial charge on any atom is 0.109 e. The Morgan fingerprint density at radius 2 is 0.611 bits per heavy atom. The van der Waals surface area contributed by atoms with E-state index < -0.39 is 146 Å². The van der Waals surface area contributed by atoms with Gasteiger partial charge in [-0.25, -0.2) is 0 Å². The van der Waals surface area contributed by atoms with Crippen molar-refractivity contribution in [2.75, 3.05) is 185 Å². The molecule has 36 heteroatoms. The number of methoxy groups -OCH3 is 1. The number of hydrogen-bond acceptors (Lipinski definition) is 36. The van der Waals surface area contributed by atoms with E-state index in [9.17, 15) is 107 Å². The fourth-order valence-corrected chi connectivity index (χ4v) is 18.0. The second kappa shape index (κ2) is 48.3. The molecule has 4 bridgehead atoms. The number of β-amino-alcohol motifs (C(OH)–C–C–N with tert-alkyl or cyclic N) is 6. The van der Waals surface area contributed by atoms with E-state index in [-0.39, 0.29) is 91.1 Å². The van der Waals surface area contributed by atoms with Crippen LogP contribution in [0.2, 0.25) is 0 Å². The minimum Gasteiger partial charge on any atom is -0.395 e. The van der Waals surface area contributed by atoms with E-state index in [1.807, 2.05) is 18.7 Å². The number of rotatable bonds is 28. The molecule has 4 saturated carbocycles. The Bertz CT molecular complexity index is 2250. The third kappa shape index (κ3) is 27.1. The van der Waals surface area contributed by atoms with Crippen molar-refractivity contribution in [2.24, 2.45) is 23.2 Å². The minimum atomic E-state index is -1.19. The SMILES string of the molecule is CCOCCN1C[C@H](O)[C@@H](O)[C@H](O)[C@H]1CO.CCOCCN1C[C@H](O)[C@@H](O)[C@H](O)[C@H]1CO.COCCN1C[C@H](O)[C@@H](O)[C@H](O)[C@H]1CO.OC[C@@H]1[C@@H](O)[C@H](O)[C@@H](O)CN1CC1CCCO1.OC[C@@H]1[C@@H](O)[C@H](O)[C@@H](O)CN1CCCCOCC12CC3CC(CC(C3)C1)C2.OC[C@@H]1[C@@H](O)[C@H](O)[C@@H](O)CN1C[C@@H]1CCCO1. The lowest BCUT2D eigenvalue weighted by molar-refractivity contribution is -0.150. The fraction of sp³-hybridized carbons (Fsp3) is 1.00. The van der Waals surface area contributed by atoms with E-state index in [0.29, 0.717) is 77.7 Å². The van der Waals surface area contributed by atoms with E-state index in [1.165, 1.54) is 38.5 Å². The van der Waals surface area contributed by atoms with E-state index in [0.717, 1.165) is 82.7 Å². The average Bonchev–Trinajstić information content (AvgIpc) is 0.817. The second-order valence-corrected chi connectivity index (χ2v) is 31.5. The molecular formula is C72H140N6O30. The molecule has 26 atom stereocenters. The van der Waals surface area contributed by atoms with Gasteiger partial charge in [-0.15, -0.1) is 0 Å². The minimum absolute atomic E-state index is 0.0960. The molecule has 8 aliphatic heterocycles. The summed E-state index contributed by atoms with van der Waals surface area (Å²) in [6.07, 6.45) is -5.22. The van der Waals surface area contributed by atoms with Crippen LogP contribution in [0.5, 0.6) is 0 Å².